The number of Topliss-reactive ketones (excluding diaryl/α,β-unsaturated/α-hetero) is 1. The van der Waals surface area contributed by atoms with Crippen LogP contribution in [0, 0.1) is 33.8 Å². The highest BCUT2D eigenvalue weighted by Crippen LogP contribution is 2.60. The van der Waals surface area contributed by atoms with Crippen molar-refractivity contribution in [2.45, 2.75) is 16.1 Å². The van der Waals surface area contributed by atoms with Crippen LogP contribution in [0.1, 0.15) is 27.1 Å². The van der Waals surface area contributed by atoms with E-state index in [4.69, 9.17) is 16.3 Å². The molecule has 2 bridgehead atoms. The van der Waals surface area contributed by atoms with Gasteiger partial charge in [-0.3, -0.25) is 29.3 Å². The maximum Gasteiger partial charge on any atom is 0.274 e. The van der Waals surface area contributed by atoms with Crippen LogP contribution in [0.2, 0.25) is 5.02 Å². The Morgan fingerprint density at radius 3 is 1.98 bits per heavy atom. The zero-order chi connectivity index (χ0) is 30.6. The summed E-state index contributed by atoms with van der Waals surface area (Å²) in [5.41, 5.74) is 0.198. The molecule has 1 aliphatic heterocycles. The molecule has 6 rings (SSSR count). The number of alkyl halides is 2. The average molecular weight is 732 g/mol. The number of carbonyl (C=O) groups is 4. The van der Waals surface area contributed by atoms with E-state index in [0.717, 1.165) is 16.4 Å². The van der Waals surface area contributed by atoms with Gasteiger partial charge < -0.3 is 4.74 Å². The first kappa shape index (κ1) is 29.5. The van der Waals surface area contributed by atoms with E-state index in [1.807, 2.05) is 0 Å². The molecule has 3 aliphatic rings. The van der Waals surface area contributed by atoms with E-state index in [-0.39, 0.29) is 43.3 Å². The summed E-state index contributed by atoms with van der Waals surface area (Å²) in [4.78, 5) is 65.3. The monoisotopic (exact) mass is 729 g/mol. The van der Waals surface area contributed by atoms with Crippen molar-refractivity contribution in [3.05, 3.63) is 99.1 Å². The molecule has 2 saturated carbocycles. The molecule has 3 aromatic carbocycles. The number of fused-ring (bicyclic) bond motifs is 5. The highest BCUT2D eigenvalue weighted by Gasteiger charge is 2.67. The minimum atomic E-state index is -0.739. The Labute approximate surface area is 267 Å². The van der Waals surface area contributed by atoms with E-state index in [0.29, 0.717) is 11.5 Å². The first-order chi connectivity index (χ1) is 20.6. The quantitative estimate of drug-likeness (QED) is 0.0907. The fourth-order valence-electron chi connectivity index (χ4n) is 6.29. The zero-order valence-electron chi connectivity index (χ0n) is 22.1. The van der Waals surface area contributed by atoms with Crippen LogP contribution in [0.25, 0.3) is 0 Å². The average Bonchev–Trinajstić information content (AvgIpc) is 3.61. The van der Waals surface area contributed by atoms with Gasteiger partial charge in [-0.15, -0.1) is 0 Å². The van der Waals surface area contributed by atoms with Crippen LogP contribution >= 0.6 is 43.5 Å². The van der Waals surface area contributed by atoms with E-state index >= 15 is 0 Å². The van der Waals surface area contributed by atoms with Crippen LogP contribution in [0.4, 0.5) is 5.69 Å². The molecular weight excluding hydrogens is 710 g/mol. The van der Waals surface area contributed by atoms with Crippen LogP contribution in [0.5, 0.6) is 11.5 Å². The summed E-state index contributed by atoms with van der Waals surface area (Å²) < 4.78 is 5.71. The molecule has 220 valence electrons. The predicted molar refractivity (Wildman–Crippen MR) is 162 cm³/mol. The molecule has 10 nitrogen and oxygen atoms in total. The number of imide groups is 1. The topological polar surface area (TPSA) is 127 Å². The van der Waals surface area contributed by atoms with E-state index in [1.54, 1.807) is 12.1 Å². The molecule has 2 aliphatic carbocycles. The van der Waals surface area contributed by atoms with Gasteiger partial charge in [-0.2, -0.15) is 5.01 Å². The van der Waals surface area contributed by atoms with Gasteiger partial charge in [0, 0.05) is 27.4 Å². The minimum absolute atomic E-state index is 0.0107. The van der Waals surface area contributed by atoms with E-state index < -0.39 is 46.8 Å². The Hall–Kier alpha value is -3.61. The van der Waals surface area contributed by atoms with Crippen molar-refractivity contribution < 1.29 is 28.8 Å². The number of nitro benzene ring substituents is 1. The largest absolute Gasteiger partial charge is 0.457 e. The second-order valence-electron chi connectivity index (χ2n) is 10.6. The molecule has 3 fully saturated rings. The Morgan fingerprint density at radius 2 is 1.44 bits per heavy atom. The SMILES string of the molecule is O=C(CN(C(=O)c1ccccc1Cl)N1C(=O)[C@@H]2[C@H]3C[C@@H]([C@@H](Br)[C@H]3Br)[C@H]2C1=O)c1ccc(Oc2ccc([N+](=O)[O-])cc2)cc1. The summed E-state index contributed by atoms with van der Waals surface area (Å²) in [6, 6.07) is 17.9. The predicted octanol–water partition coefficient (Wildman–Crippen LogP) is 6.06. The number of hydrogen-bond donors (Lipinski definition) is 0. The molecule has 0 N–H and O–H groups in total. The van der Waals surface area contributed by atoms with Crippen LogP contribution in [-0.2, 0) is 9.59 Å². The summed E-state index contributed by atoms with van der Waals surface area (Å²) in [5, 5.41) is 12.8. The summed E-state index contributed by atoms with van der Waals surface area (Å²) >= 11 is 13.6. The number of hydrogen-bond acceptors (Lipinski definition) is 7. The number of amides is 3. The lowest BCUT2D eigenvalue weighted by Gasteiger charge is -2.31. The number of carbonyl (C=O) groups excluding carboxylic acids is 4. The summed E-state index contributed by atoms with van der Waals surface area (Å²) in [6.07, 6.45) is 0.720. The third-order valence-corrected chi connectivity index (χ3v) is 11.8. The van der Waals surface area contributed by atoms with Crippen LogP contribution in [0.3, 0.4) is 0 Å². The van der Waals surface area contributed by atoms with Gasteiger partial charge in [-0.05, 0) is 66.8 Å². The number of non-ortho nitro benzene ring substituents is 1. The highest BCUT2D eigenvalue weighted by atomic mass is 79.9. The molecular formula is C30H22Br2ClN3O7. The maximum absolute atomic E-state index is 13.8. The highest BCUT2D eigenvalue weighted by molar-refractivity contribution is 9.12. The Kier molecular flexibility index (Phi) is 7.86. The third-order valence-electron chi connectivity index (χ3n) is 8.30. The van der Waals surface area contributed by atoms with Crippen molar-refractivity contribution in [1.82, 2.24) is 10.0 Å². The van der Waals surface area contributed by atoms with Gasteiger partial charge in [0.05, 0.1) is 27.3 Å². The van der Waals surface area contributed by atoms with Gasteiger partial charge in [0.15, 0.2) is 5.78 Å². The number of halogens is 3. The second-order valence-corrected chi connectivity index (χ2v) is 13.2. The zero-order valence-corrected chi connectivity index (χ0v) is 26.1. The first-order valence-corrected chi connectivity index (χ1v) is 15.6. The summed E-state index contributed by atoms with van der Waals surface area (Å²) in [7, 11) is 0. The number of rotatable bonds is 8. The molecule has 0 unspecified atom stereocenters. The lowest BCUT2D eigenvalue weighted by atomic mass is 9.81. The molecule has 0 aromatic heterocycles. The standard InChI is InChI=1S/C30H22Br2ClN3O7/c31-26-20-13-21(27(26)32)25-24(20)29(39)35(30(25)40)34(28(38)19-3-1-2-4-22(19)33)14-23(37)15-5-9-17(10-6-15)43-18-11-7-16(8-12-18)36(41)42/h1-12,20-21,24-27H,13-14H2/t20-,21-,24-,25-,26-,27+/m1/s1. The fraction of sp³-hybridized carbons (Fsp3) is 0.267. The smallest absolute Gasteiger partial charge is 0.274 e. The maximum atomic E-state index is 13.8. The van der Waals surface area contributed by atoms with E-state index in [2.05, 4.69) is 31.9 Å². The van der Waals surface area contributed by atoms with E-state index in [9.17, 15) is 29.3 Å². The summed E-state index contributed by atoms with van der Waals surface area (Å²) in [6.45, 7) is -0.575. The number of ether oxygens (including phenoxy) is 1. The van der Waals surface area contributed by atoms with Crippen molar-refractivity contribution in [2.75, 3.05) is 6.54 Å². The van der Waals surface area contributed by atoms with Gasteiger partial charge in [0.25, 0.3) is 23.4 Å². The first-order valence-electron chi connectivity index (χ1n) is 13.3. The second kappa shape index (κ2) is 11.5. The lowest BCUT2D eigenvalue weighted by molar-refractivity contribution is -0.384. The number of hydrazine groups is 1. The molecule has 3 amide bonds. The molecule has 1 heterocycles. The molecule has 0 spiro atoms. The van der Waals surface area contributed by atoms with Gasteiger partial charge >= 0.3 is 0 Å². The van der Waals surface area contributed by atoms with Gasteiger partial charge in [-0.25, -0.2) is 5.01 Å². The number of nitro groups is 1. The third kappa shape index (κ3) is 5.15. The van der Waals surface area contributed by atoms with Crippen LogP contribution < -0.4 is 4.74 Å². The summed E-state index contributed by atoms with van der Waals surface area (Å²) in [5.74, 6) is -2.81. The Bertz CT molecular complexity index is 1620. The van der Waals surface area contributed by atoms with Gasteiger partial charge in [0.1, 0.15) is 18.0 Å². The van der Waals surface area contributed by atoms with Crippen molar-refractivity contribution in [1.29, 1.82) is 0 Å². The molecule has 43 heavy (non-hydrogen) atoms. The molecule has 0 radical (unpaired) electrons. The van der Waals surface area contributed by atoms with Crippen molar-refractivity contribution in [3.63, 3.8) is 0 Å². The Balaban J connectivity index is 1.25. The Morgan fingerprint density at radius 1 is 0.907 bits per heavy atom. The number of benzene rings is 3. The minimum Gasteiger partial charge on any atom is -0.457 e. The molecule has 6 atom stereocenters. The molecule has 1 saturated heterocycles. The van der Waals surface area contributed by atoms with Crippen molar-refractivity contribution in [3.8, 4) is 11.5 Å². The molecule has 3 aromatic rings. The van der Waals surface area contributed by atoms with Crippen LogP contribution in [0.15, 0.2) is 72.8 Å². The van der Waals surface area contributed by atoms with Crippen molar-refractivity contribution in [2.24, 2.45) is 23.7 Å². The van der Waals surface area contributed by atoms with Gasteiger partial charge in [0.2, 0.25) is 0 Å². The number of nitrogens with zero attached hydrogens (tertiary/aromatic N) is 3. The normalized spacial score (nSPS) is 25.5. The lowest BCUT2D eigenvalue weighted by Crippen LogP contribution is -2.52. The fourth-order valence-corrected chi connectivity index (χ4v) is 8.38. The van der Waals surface area contributed by atoms with Crippen LogP contribution in [-0.4, -0.2) is 54.6 Å². The van der Waals surface area contributed by atoms with Crippen molar-refractivity contribution >= 4 is 72.7 Å². The van der Waals surface area contributed by atoms with Gasteiger partial charge in [-0.1, -0.05) is 55.6 Å². The van der Waals surface area contributed by atoms with E-state index in [1.165, 1.54) is 60.7 Å². The number of ketones is 1. The molecule has 13 heteroatoms.